The van der Waals surface area contributed by atoms with E-state index in [4.69, 9.17) is 4.42 Å². The van der Waals surface area contributed by atoms with Crippen molar-refractivity contribution in [2.24, 2.45) is 0 Å². The molecule has 3 rings (SSSR count). The first-order valence-corrected chi connectivity index (χ1v) is 7.25. The molecule has 0 aliphatic heterocycles. The van der Waals surface area contributed by atoms with Crippen LogP contribution >= 0.6 is 11.3 Å². The quantitative estimate of drug-likeness (QED) is 0.761. The maximum absolute atomic E-state index is 12.5. The van der Waals surface area contributed by atoms with Crippen LogP contribution in [0.2, 0.25) is 0 Å². The average molecular weight is 338 g/mol. The molecule has 1 amide bonds. The fraction of sp³-hybridized carbons (Fsp3) is 0.0667. The summed E-state index contributed by atoms with van der Waals surface area (Å²) in [7, 11) is 0. The van der Waals surface area contributed by atoms with Gasteiger partial charge in [0.1, 0.15) is 10.7 Å². The third kappa shape index (κ3) is 3.26. The summed E-state index contributed by atoms with van der Waals surface area (Å²) in [5, 5.41) is 2.28. The smallest absolute Gasteiger partial charge is 0.462 e. The molecule has 0 bridgehead atoms. The van der Waals surface area contributed by atoms with Gasteiger partial charge in [0.15, 0.2) is 10.8 Å². The Balaban J connectivity index is 2.04. The van der Waals surface area contributed by atoms with Crippen LogP contribution in [0.5, 0.6) is 0 Å². The number of thiazole rings is 1. The fourth-order valence-electron chi connectivity index (χ4n) is 1.88. The Labute approximate surface area is 132 Å². The van der Waals surface area contributed by atoms with Gasteiger partial charge in [-0.1, -0.05) is 41.7 Å². The molecule has 118 valence electrons. The molecule has 2 aromatic heterocycles. The molecular weight excluding hydrogens is 329 g/mol. The van der Waals surface area contributed by atoms with Gasteiger partial charge in [0.25, 0.3) is 0 Å². The predicted molar refractivity (Wildman–Crippen MR) is 79.9 cm³/mol. The SMILES string of the molecule is O=C(Nc1sc(-c2ccco2)nc1-c1ccccc1)C(F)(F)F. The van der Waals surface area contributed by atoms with Crippen LogP contribution in [0.25, 0.3) is 22.0 Å². The van der Waals surface area contributed by atoms with Gasteiger partial charge in [-0.25, -0.2) is 4.98 Å². The molecule has 0 aliphatic rings. The monoisotopic (exact) mass is 338 g/mol. The summed E-state index contributed by atoms with van der Waals surface area (Å²) < 4.78 is 42.7. The van der Waals surface area contributed by atoms with Crippen molar-refractivity contribution in [3.05, 3.63) is 48.7 Å². The van der Waals surface area contributed by atoms with Crippen LogP contribution in [0.1, 0.15) is 0 Å². The van der Waals surface area contributed by atoms with Crippen molar-refractivity contribution in [2.45, 2.75) is 6.18 Å². The maximum Gasteiger partial charge on any atom is 0.471 e. The van der Waals surface area contributed by atoms with Gasteiger partial charge in [0.05, 0.1) is 6.26 Å². The second-order valence-corrected chi connectivity index (χ2v) is 5.49. The minimum atomic E-state index is -4.97. The number of hydrogen-bond acceptors (Lipinski definition) is 4. The van der Waals surface area contributed by atoms with E-state index in [0.717, 1.165) is 11.3 Å². The van der Waals surface area contributed by atoms with Crippen molar-refractivity contribution in [1.29, 1.82) is 0 Å². The molecule has 8 heteroatoms. The third-order valence-electron chi connectivity index (χ3n) is 2.89. The summed E-state index contributed by atoms with van der Waals surface area (Å²) >= 11 is 0.920. The van der Waals surface area contributed by atoms with E-state index in [-0.39, 0.29) is 10.7 Å². The number of anilines is 1. The first-order valence-electron chi connectivity index (χ1n) is 6.43. The Morgan fingerprint density at radius 3 is 2.48 bits per heavy atom. The standard InChI is InChI=1S/C15H9F3N2O2S/c16-15(17,18)14(21)20-13-11(9-5-2-1-3-6-9)19-12(23-13)10-7-4-8-22-10/h1-8H,(H,20,21). The molecule has 1 aromatic carbocycles. The van der Waals surface area contributed by atoms with E-state index in [1.807, 2.05) is 5.32 Å². The summed E-state index contributed by atoms with van der Waals surface area (Å²) in [4.78, 5) is 15.5. The highest BCUT2D eigenvalue weighted by molar-refractivity contribution is 7.19. The number of hydrogen-bond donors (Lipinski definition) is 1. The van der Waals surface area contributed by atoms with Crippen LogP contribution in [0.4, 0.5) is 18.2 Å². The molecule has 0 saturated carbocycles. The van der Waals surface area contributed by atoms with Crippen LogP contribution in [0.15, 0.2) is 53.1 Å². The average Bonchev–Trinajstić information content (AvgIpc) is 3.16. The van der Waals surface area contributed by atoms with Gasteiger partial charge in [-0.2, -0.15) is 13.2 Å². The van der Waals surface area contributed by atoms with E-state index in [2.05, 4.69) is 4.98 Å². The number of carbonyl (C=O) groups is 1. The van der Waals surface area contributed by atoms with Crippen molar-refractivity contribution in [3.8, 4) is 22.0 Å². The molecule has 2 heterocycles. The maximum atomic E-state index is 12.5. The summed E-state index contributed by atoms with van der Waals surface area (Å²) in [5.74, 6) is -1.62. The highest BCUT2D eigenvalue weighted by atomic mass is 32.1. The van der Waals surface area contributed by atoms with Crippen molar-refractivity contribution in [1.82, 2.24) is 4.98 Å². The van der Waals surface area contributed by atoms with Crippen LogP contribution in [0.3, 0.4) is 0 Å². The number of nitrogens with one attached hydrogen (secondary N) is 1. The summed E-state index contributed by atoms with van der Waals surface area (Å²) in [5.41, 5.74) is 0.860. The zero-order chi connectivity index (χ0) is 16.4. The lowest BCUT2D eigenvalue weighted by Crippen LogP contribution is -2.29. The molecule has 0 radical (unpaired) electrons. The molecule has 3 aromatic rings. The van der Waals surface area contributed by atoms with Crippen LogP contribution in [-0.4, -0.2) is 17.1 Å². The third-order valence-corrected chi connectivity index (χ3v) is 3.88. The second-order valence-electron chi connectivity index (χ2n) is 4.49. The van der Waals surface area contributed by atoms with Gasteiger partial charge in [0, 0.05) is 5.56 Å². The van der Waals surface area contributed by atoms with Crippen LogP contribution < -0.4 is 5.32 Å². The molecule has 1 N–H and O–H groups in total. The number of nitrogens with zero attached hydrogens (tertiary/aromatic N) is 1. The molecule has 0 unspecified atom stereocenters. The molecule has 0 fully saturated rings. The highest BCUT2D eigenvalue weighted by Crippen LogP contribution is 2.38. The molecular formula is C15H9F3N2O2S. The van der Waals surface area contributed by atoms with Crippen molar-refractivity contribution < 1.29 is 22.4 Å². The van der Waals surface area contributed by atoms with E-state index < -0.39 is 12.1 Å². The number of amides is 1. The molecule has 4 nitrogen and oxygen atoms in total. The molecule has 0 atom stereocenters. The topological polar surface area (TPSA) is 55.1 Å². The van der Waals surface area contributed by atoms with E-state index >= 15 is 0 Å². The van der Waals surface area contributed by atoms with Crippen molar-refractivity contribution >= 4 is 22.2 Å². The van der Waals surface area contributed by atoms with E-state index in [0.29, 0.717) is 16.3 Å². The first kappa shape index (κ1) is 15.3. The number of carbonyl (C=O) groups excluding carboxylic acids is 1. The fourth-order valence-corrected chi connectivity index (χ4v) is 2.83. The van der Waals surface area contributed by atoms with Gasteiger partial charge < -0.3 is 9.73 Å². The number of halogens is 3. The second kappa shape index (κ2) is 5.88. The number of alkyl halides is 3. The van der Waals surface area contributed by atoms with Gasteiger partial charge in [0.2, 0.25) is 0 Å². The van der Waals surface area contributed by atoms with E-state index in [1.165, 1.54) is 6.26 Å². The minimum Gasteiger partial charge on any atom is -0.462 e. The number of rotatable bonds is 3. The normalized spacial score (nSPS) is 11.4. The number of furan rings is 1. The minimum absolute atomic E-state index is 0.0184. The lowest BCUT2D eigenvalue weighted by atomic mass is 10.1. The molecule has 0 spiro atoms. The van der Waals surface area contributed by atoms with Crippen molar-refractivity contribution in [3.63, 3.8) is 0 Å². The van der Waals surface area contributed by atoms with Gasteiger partial charge in [-0.05, 0) is 12.1 Å². The summed E-state index contributed by atoms with van der Waals surface area (Å²) in [6.07, 6.45) is -3.53. The Kier molecular flexibility index (Phi) is 3.91. The molecule has 0 aliphatic carbocycles. The van der Waals surface area contributed by atoms with E-state index in [1.54, 1.807) is 42.5 Å². The Hall–Kier alpha value is -2.61. The Morgan fingerprint density at radius 1 is 1.13 bits per heavy atom. The zero-order valence-electron chi connectivity index (χ0n) is 11.4. The van der Waals surface area contributed by atoms with Gasteiger partial charge >= 0.3 is 12.1 Å². The Morgan fingerprint density at radius 2 is 1.87 bits per heavy atom. The summed E-state index contributed by atoms with van der Waals surface area (Å²) in [6.45, 7) is 0. The lowest BCUT2D eigenvalue weighted by molar-refractivity contribution is -0.167. The van der Waals surface area contributed by atoms with E-state index in [9.17, 15) is 18.0 Å². The van der Waals surface area contributed by atoms with Gasteiger partial charge in [-0.3, -0.25) is 4.79 Å². The molecule has 23 heavy (non-hydrogen) atoms. The first-order chi connectivity index (χ1) is 10.9. The van der Waals surface area contributed by atoms with Gasteiger partial charge in [-0.15, -0.1) is 0 Å². The summed E-state index contributed by atoms with van der Waals surface area (Å²) in [6, 6.07) is 11.9. The van der Waals surface area contributed by atoms with Crippen LogP contribution in [-0.2, 0) is 4.79 Å². The number of benzene rings is 1. The largest absolute Gasteiger partial charge is 0.471 e. The predicted octanol–water partition coefficient (Wildman–Crippen LogP) is 4.57. The Bertz CT molecular complexity index is 811. The highest BCUT2D eigenvalue weighted by Gasteiger charge is 2.39. The number of aromatic nitrogens is 1. The lowest BCUT2D eigenvalue weighted by Gasteiger charge is -2.07. The van der Waals surface area contributed by atoms with Crippen LogP contribution in [0, 0.1) is 0 Å². The molecule has 0 saturated heterocycles. The zero-order valence-corrected chi connectivity index (χ0v) is 12.2. The van der Waals surface area contributed by atoms with Crippen molar-refractivity contribution in [2.75, 3.05) is 5.32 Å².